The summed E-state index contributed by atoms with van der Waals surface area (Å²) in [6.45, 7) is 3.19. The zero-order valence-corrected chi connectivity index (χ0v) is 21.6. The number of carbonyl (C=O) groups excluding carboxylic acids is 2. The molecule has 0 fully saturated rings. The predicted molar refractivity (Wildman–Crippen MR) is 133 cm³/mol. The second-order valence-electron chi connectivity index (χ2n) is 7.80. The molecule has 2 aromatic rings. The fraction of sp³-hybridized carbons (Fsp3) is 0.391. The number of carbonyl (C=O) groups is 2. The molecule has 0 spiro atoms. The van der Waals surface area contributed by atoms with Crippen LogP contribution in [0.2, 0.25) is 10.0 Å². The van der Waals surface area contributed by atoms with E-state index in [1.807, 2.05) is 6.92 Å². The van der Waals surface area contributed by atoms with E-state index >= 15 is 0 Å². The van der Waals surface area contributed by atoms with Crippen molar-refractivity contribution >= 4 is 50.7 Å². The van der Waals surface area contributed by atoms with Gasteiger partial charge in [-0.2, -0.15) is 0 Å². The van der Waals surface area contributed by atoms with Crippen LogP contribution in [0, 0.1) is 5.82 Å². The van der Waals surface area contributed by atoms with Gasteiger partial charge in [0.05, 0.1) is 11.9 Å². The minimum absolute atomic E-state index is 0.0773. The summed E-state index contributed by atoms with van der Waals surface area (Å²) in [5.41, 5.74) is 0.257. The number of anilines is 1. The number of nitrogens with one attached hydrogen (secondary N) is 1. The maximum Gasteiger partial charge on any atom is 0.244 e. The van der Waals surface area contributed by atoms with Gasteiger partial charge in [-0.15, -0.1) is 0 Å². The van der Waals surface area contributed by atoms with Gasteiger partial charge >= 0.3 is 0 Å². The van der Waals surface area contributed by atoms with Crippen molar-refractivity contribution in [3.8, 4) is 0 Å². The van der Waals surface area contributed by atoms with Crippen LogP contribution in [0.15, 0.2) is 42.5 Å². The normalized spacial score (nSPS) is 12.2. The lowest BCUT2D eigenvalue weighted by Gasteiger charge is -2.31. The van der Waals surface area contributed by atoms with E-state index < -0.39 is 40.2 Å². The Morgan fingerprint density at radius 2 is 1.82 bits per heavy atom. The van der Waals surface area contributed by atoms with Crippen molar-refractivity contribution in [3.63, 3.8) is 0 Å². The Balaban J connectivity index is 2.40. The zero-order valence-electron chi connectivity index (χ0n) is 19.2. The van der Waals surface area contributed by atoms with Crippen molar-refractivity contribution < 1.29 is 22.4 Å². The molecule has 0 radical (unpaired) electrons. The molecule has 2 aromatic carbocycles. The van der Waals surface area contributed by atoms with Crippen molar-refractivity contribution in [2.45, 2.75) is 39.3 Å². The summed E-state index contributed by atoms with van der Waals surface area (Å²) in [5.74, 6) is -1.89. The van der Waals surface area contributed by atoms with E-state index in [9.17, 15) is 22.4 Å². The van der Waals surface area contributed by atoms with E-state index in [2.05, 4.69) is 5.32 Å². The summed E-state index contributed by atoms with van der Waals surface area (Å²) in [7, 11) is -4.02. The average Bonchev–Trinajstić information content (AvgIpc) is 2.76. The summed E-state index contributed by atoms with van der Waals surface area (Å²) in [6.07, 6.45) is 2.53. The first-order chi connectivity index (χ1) is 16.0. The average molecular weight is 532 g/mol. The summed E-state index contributed by atoms with van der Waals surface area (Å²) >= 11 is 12.2. The summed E-state index contributed by atoms with van der Waals surface area (Å²) in [5, 5.41) is 3.47. The van der Waals surface area contributed by atoms with Crippen molar-refractivity contribution in [1.82, 2.24) is 10.2 Å². The smallest absolute Gasteiger partial charge is 0.244 e. The number of nitrogens with zero attached hydrogens (tertiary/aromatic N) is 2. The molecule has 7 nitrogen and oxygen atoms in total. The van der Waals surface area contributed by atoms with Crippen LogP contribution in [0.3, 0.4) is 0 Å². The van der Waals surface area contributed by atoms with Gasteiger partial charge in [-0.25, -0.2) is 12.8 Å². The van der Waals surface area contributed by atoms with Gasteiger partial charge in [-0.3, -0.25) is 13.9 Å². The number of benzene rings is 2. The summed E-state index contributed by atoms with van der Waals surface area (Å²) in [4.78, 5) is 27.4. The lowest BCUT2D eigenvalue weighted by atomic mass is 10.1. The van der Waals surface area contributed by atoms with Crippen LogP contribution in [0.5, 0.6) is 0 Å². The number of para-hydroxylation sites is 1. The standard InChI is InChI=1S/C23H28Cl2FN3O4S/c1-4-5-12-27-23(31)16(2)28(14-17-10-11-18(24)13-19(17)25)22(30)15-29(34(3,32)33)21-9-7-6-8-20(21)26/h6-11,13,16H,4-5,12,14-15H2,1-3H3,(H,27,31)/t16-/m1/s1. The molecule has 0 bridgehead atoms. The van der Waals surface area contributed by atoms with Crippen molar-refractivity contribution in [1.29, 1.82) is 0 Å². The minimum atomic E-state index is -4.02. The number of amides is 2. The van der Waals surface area contributed by atoms with Crippen LogP contribution in [-0.4, -0.2) is 50.5 Å². The molecule has 0 aromatic heterocycles. The third-order valence-corrected chi connectivity index (χ3v) is 6.87. The number of hydrogen-bond donors (Lipinski definition) is 1. The van der Waals surface area contributed by atoms with E-state index in [4.69, 9.17) is 23.2 Å². The maximum absolute atomic E-state index is 14.4. The monoisotopic (exact) mass is 531 g/mol. The van der Waals surface area contributed by atoms with Crippen LogP contribution >= 0.6 is 23.2 Å². The number of halogens is 3. The first kappa shape index (κ1) is 27.9. The third-order valence-electron chi connectivity index (χ3n) is 5.15. The van der Waals surface area contributed by atoms with Crippen LogP contribution in [0.1, 0.15) is 32.3 Å². The Hall–Kier alpha value is -2.36. The van der Waals surface area contributed by atoms with Crippen molar-refractivity contribution in [2.75, 3.05) is 23.7 Å². The second-order valence-corrected chi connectivity index (χ2v) is 10.5. The molecule has 0 aliphatic rings. The largest absolute Gasteiger partial charge is 0.354 e. The van der Waals surface area contributed by atoms with Crippen LogP contribution in [-0.2, 0) is 26.2 Å². The molecule has 0 saturated carbocycles. The van der Waals surface area contributed by atoms with Gasteiger partial charge < -0.3 is 10.2 Å². The Bertz CT molecular complexity index is 1130. The van der Waals surface area contributed by atoms with E-state index in [1.165, 1.54) is 36.1 Å². The Morgan fingerprint density at radius 3 is 2.41 bits per heavy atom. The molecule has 0 heterocycles. The molecular weight excluding hydrogens is 504 g/mol. The molecule has 1 atom stereocenters. The lowest BCUT2D eigenvalue weighted by molar-refractivity contribution is -0.139. The lowest BCUT2D eigenvalue weighted by Crippen LogP contribution is -2.51. The number of sulfonamides is 1. The summed E-state index contributed by atoms with van der Waals surface area (Å²) < 4.78 is 40.0. The Labute approximate surface area is 209 Å². The Morgan fingerprint density at radius 1 is 1.15 bits per heavy atom. The molecule has 0 aliphatic carbocycles. The third kappa shape index (κ3) is 7.58. The molecule has 2 amide bonds. The van der Waals surface area contributed by atoms with Gasteiger partial charge in [0.15, 0.2) is 0 Å². The highest BCUT2D eigenvalue weighted by Gasteiger charge is 2.31. The van der Waals surface area contributed by atoms with E-state index in [-0.39, 0.29) is 17.3 Å². The van der Waals surface area contributed by atoms with Gasteiger partial charge in [0, 0.05) is 23.1 Å². The van der Waals surface area contributed by atoms with E-state index in [0.717, 1.165) is 25.2 Å². The second kappa shape index (κ2) is 12.4. The van der Waals surface area contributed by atoms with Crippen LogP contribution in [0.4, 0.5) is 10.1 Å². The number of hydrogen-bond acceptors (Lipinski definition) is 4. The fourth-order valence-electron chi connectivity index (χ4n) is 3.20. The zero-order chi connectivity index (χ0) is 25.5. The van der Waals surface area contributed by atoms with Gasteiger partial charge in [-0.05, 0) is 43.2 Å². The molecular formula is C23H28Cl2FN3O4S. The van der Waals surface area contributed by atoms with E-state index in [0.29, 0.717) is 21.4 Å². The predicted octanol–water partition coefficient (Wildman–Crippen LogP) is 4.23. The van der Waals surface area contributed by atoms with Gasteiger partial charge in [0.25, 0.3) is 0 Å². The minimum Gasteiger partial charge on any atom is -0.354 e. The van der Waals surface area contributed by atoms with Crippen molar-refractivity contribution in [3.05, 3.63) is 63.9 Å². The van der Waals surface area contributed by atoms with Gasteiger partial charge in [0.1, 0.15) is 18.4 Å². The molecule has 186 valence electrons. The van der Waals surface area contributed by atoms with Crippen LogP contribution < -0.4 is 9.62 Å². The summed E-state index contributed by atoms with van der Waals surface area (Å²) in [6, 6.07) is 9.04. The van der Waals surface area contributed by atoms with Gasteiger partial charge in [-0.1, -0.05) is 54.7 Å². The number of unbranched alkanes of at least 4 members (excludes halogenated alkanes) is 1. The first-order valence-electron chi connectivity index (χ1n) is 10.7. The Kier molecular flexibility index (Phi) is 10.1. The van der Waals surface area contributed by atoms with Gasteiger partial charge in [0.2, 0.25) is 21.8 Å². The van der Waals surface area contributed by atoms with E-state index in [1.54, 1.807) is 12.1 Å². The topological polar surface area (TPSA) is 86.8 Å². The highest BCUT2D eigenvalue weighted by atomic mass is 35.5. The fourth-order valence-corrected chi connectivity index (χ4v) is 4.52. The first-order valence-corrected chi connectivity index (χ1v) is 13.3. The SMILES string of the molecule is CCCCNC(=O)[C@@H](C)N(Cc1ccc(Cl)cc1Cl)C(=O)CN(c1ccccc1F)S(C)(=O)=O. The van der Waals surface area contributed by atoms with Crippen molar-refractivity contribution in [2.24, 2.45) is 0 Å². The van der Waals surface area contributed by atoms with Crippen LogP contribution in [0.25, 0.3) is 0 Å². The molecule has 2 rings (SSSR count). The molecule has 1 N–H and O–H groups in total. The highest BCUT2D eigenvalue weighted by Crippen LogP contribution is 2.25. The molecule has 34 heavy (non-hydrogen) atoms. The molecule has 0 unspecified atom stereocenters. The molecule has 0 aliphatic heterocycles. The maximum atomic E-state index is 14.4. The quantitative estimate of drug-likeness (QED) is 0.439. The highest BCUT2D eigenvalue weighted by molar-refractivity contribution is 7.92. The number of rotatable bonds is 11. The molecule has 11 heteroatoms. The molecule has 0 saturated heterocycles.